The fourth-order valence-corrected chi connectivity index (χ4v) is 2.42. The molecule has 0 saturated carbocycles. The van der Waals surface area contributed by atoms with Crippen molar-refractivity contribution in [2.75, 3.05) is 11.9 Å². The largest absolute Gasteiger partial charge is 0.386 e. The number of nitrogens with one attached hydrogen (secondary N) is 1. The molecule has 0 radical (unpaired) electrons. The van der Waals surface area contributed by atoms with E-state index in [4.69, 9.17) is 4.84 Å². The zero-order chi connectivity index (χ0) is 18.2. The van der Waals surface area contributed by atoms with E-state index in [1.54, 1.807) is 18.2 Å². The first-order chi connectivity index (χ1) is 12.7. The molecule has 0 unspecified atom stereocenters. The van der Waals surface area contributed by atoms with E-state index in [1.165, 1.54) is 12.3 Å². The summed E-state index contributed by atoms with van der Waals surface area (Å²) in [5.74, 6) is -0.750. The predicted molar refractivity (Wildman–Crippen MR) is 100 cm³/mol. The molecule has 0 bridgehead atoms. The summed E-state index contributed by atoms with van der Waals surface area (Å²) in [5, 5.41) is 6.45. The summed E-state index contributed by atoms with van der Waals surface area (Å²) in [5.41, 5.74) is 2.89. The topological polar surface area (TPSA) is 50.7 Å². The van der Waals surface area contributed by atoms with Crippen molar-refractivity contribution in [3.8, 4) is 11.1 Å². The first-order valence-electron chi connectivity index (χ1n) is 8.08. The second-order valence-electron chi connectivity index (χ2n) is 5.49. The summed E-state index contributed by atoms with van der Waals surface area (Å²) < 4.78 is 13.4. The van der Waals surface area contributed by atoms with Gasteiger partial charge in [0.15, 0.2) is 6.61 Å². The fraction of sp³-hybridized carbons (Fsp3) is 0.0476. The minimum Gasteiger partial charge on any atom is -0.386 e. The molecule has 0 atom stereocenters. The van der Waals surface area contributed by atoms with E-state index in [1.807, 2.05) is 54.6 Å². The Balaban J connectivity index is 1.60. The van der Waals surface area contributed by atoms with Gasteiger partial charge in [-0.3, -0.25) is 4.79 Å². The van der Waals surface area contributed by atoms with Crippen molar-refractivity contribution in [3.63, 3.8) is 0 Å². The standard InChI is InChI=1S/C21H17FN2O2/c22-19-12-6-4-10-17(19)14-23-26-15-21(25)24-20-13-7-5-11-18(20)16-8-2-1-3-9-16/h1-14H,15H2,(H,24,25)/b23-14-. The number of oxime groups is 1. The van der Waals surface area contributed by atoms with Crippen LogP contribution in [0.5, 0.6) is 0 Å². The molecule has 3 rings (SSSR count). The van der Waals surface area contributed by atoms with Crippen molar-refractivity contribution >= 4 is 17.8 Å². The highest BCUT2D eigenvalue weighted by Gasteiger charge is 2.08. The Morgan fingerprint density at radius 1 is 0.962 bits per heavy atom. The maximum atomic E-state index is 13.4. The number of carbonyl (C=O) groups excluding carboxylic acids is 1. The van der Waals surface area contributed by atoms with Crippen LogP contribution in [0.1, 0.15) is 5.56 Å². The van der Waals surface area contributed by atoms with Crippen LogP contribution in [0.4, 0.5) is 10.1 Å². The number of benzene rings is 3. The lowest BCUT2D eigenvalue weighted by molar-refractivity contribution is -0.120. The van der Waals surface area contributed by atoms with Gasteiger partial charge in [0.25, 0.3) is 5.91 Å². The molecule has 0 heterocycles. The molecule has 0 fully saturated rings. The Morgan fingerprint density at radius 3 is 2.46 bits per heavy atom. The number of para-hydroxylation sites is 1. The fourth-order valence-electron chi connectivity index (χ4n) is 2.42. The number of anilines is 1. The molecule has 0 aromatic heterocycles. The average molecular weight is 348 g/mol. The van der Waals surface area contributed by atoms with E-state index in [0.717, 1.165) is 11.1 Å². The molecule has 4 nitrogen and oxygen atoms in total. The molecule has 0 saturated heterocycles. The lowest BCUT2D eigenvalue weighted by atomic mass is 10.0. The van der Waals surface area contributed by atoms with Gasteiger partial charge in [-0.2, -0.15) is 0 Å². The summed E-state index contributed by atoms with van der Waals surface area (Å²) in [6, 6.07) is 23.4. The summed E-state index contributed by atoms with van der Waals surface area (Å²) in [4.78, 5) is 17.1. The summed E-state index contributed by atoms with van der Waals surface area (Å²) in [7, 11) is 0. The maximum Gasteiger partial charge on any atom is 0.265 e. The Labute approximate surface area is 150 Å². The molecule has 5 heteroatoms. The lowest BCUT2D eigenvalue weighted by Crippen LogP contribution is -2.17. The smallest absolute Gasteiger partial charge is 0.265 e. The van der Waals surface area contributed by atoms with E-state index >= 15 is 0 Å². The number of hydrogen-bond donors (Lipinski definition) is 1. The SMILES string of the molecule is O=C(CO/N=C\c1ccccc1F)Nc1ccccc1-c1ccccc1. The highest BCUT2D eigenvalue weighted by molar-refractivity contribution is 5.96. The number of carbonyl (C=O) groups is 1. The highest BCUT2D eigenvalue weighted by Crippen LogP contribution is 2.27. The van der Waals surface area contributed by atoms with Gasteiger partial charge >= 0.3 is 0 Å². The van der Waals surface area contributed by atoms with Gasteiger partial charge in [0, 0.05) is 16.8 Å². The van der Waals surface area contributed by atoms with Gasteiger partial charge in [0.2, 0.25) is 0 Å². The zero-order valence-electron chi connectivity index (χ0n) is 13.9. The summed E-state index contributed by atoms with van der Waals surface area (Å²) in [6.45, 7) is -0.270. The van der Waals surface area contributed by atoms with Crippen molar-refractivity contribution < 1.29 is 14.0 Å². The zero-order valence-corrected chi connectivity index (χ0v) is 13.9. The normalized spacial score (nSPS) is 10.7. The average Bonchev–Trinajstić information content (AvgIpc) is 2.68. The van der Waals surface area contributed by atoms with Gasteiger partial charge in [-0.1, -0.05) is 71.9 Å². The highest BCUT2D eigenvalue weighted by atomic mass is 19.1. The van der Waals surface area contributed by atoms with Crippen LogP contribution in [0.2, 0.25) is 0 Å². The van der Waals surface area contributed by atoms with E-state index in [2.05, 4.69) is 10.5 Å². The Bertz CT molecular complexity index is 911. The first-order valence-corrected chi connectivity index (χ1v) is 8.08. The first kappa shape index (κ1) is 17.4. The Morgan fingerprint density at radius 2 is 1.65 bits per heavy atom. The van der Waals surface area contributed by atoms with Crippen molar-refractivity contribution in [2.24, 2.45) is 5.16 Å². The summed E-state index contributed by atoms with van der Waals surface area (Å²) in [6.07, 6.45) is 1.24. The summed E-state index contributed by atoms with van der Waals surface area (Å²) >= 11 is 0. The molecule has 26 heavy (non-hydrogen) atoms. The van der Waals surface area contributed by atoms with Crippen LogP contribution in [-0.2, 0) is 9.63 Å². The minimum atomic E-state index is -0.402. The van der Waals surface area contributed by atoms with Crippen LogP contribution in [0, 0.1) is 5.82 Å². The number of hydrogen-bond acceptors (Lipinski definition) is 3. The number of rotatable bonds is 6. The van der Waals surface area contributed by atoms with Crippen molar-refractivity contribution in [3.05, 3.63) is 90.2 Å². The number of halogens is 1. The number of amides is 1. The molecule has 0 aliphatic heterocycles. The molecule has 130 valence electrons. The third-order valence-electron chi connectivity index (χ3n) is 3.65. The molecule has 0 aliphatic carbocycles. The van der Waals surface area contributed by atoms with Gasteiger partial charge in [0.1, 0.15) is 5.82 Å². The molecular formula is C21H17FN2O2. The van der Waals surface area contributed by atoms with Gasteiger partial charge in [-0.25, -0.2) is 4.39 Å². The minimum absolute atomic E-state index is 0.270. The second kappa shape index (κ2) is 8.58. The van der Waals surface area contributed by atoms with Crippen molar-refractivity contribution in [1.29, 1.82) is 0 Å². The molecule has 0 spiro atoms. The Kier molecular flexibility index (Phi) is 5.72. The monoisotopic (exact) mass is 348 g/mol. The quantitative estimate of drug-likeness (QED) is 0.527. The van der Waals surface area contributed by atoms with E-state index in [0.29, 0.717) is 11.3 Å². The van der Waals surface area contributed by atoms with Crippen LogP contribution >= 0.6 is 0 Å². The van der Waals surface area contributed by atoms with Gasteiger partial charge in [0.05, 0.1) is 6.21 Å². The molecule has 0 aliphatic rings. The van der Waals surface area contributed by atoms with E-state index < -0.39 is 5.82 Å². The third-order valence-corrected chi connectivity index (χ3v) is 3.65. The molecular weight excluding hydrogens is 331 g/mol. The maximum absolute atomic E-state index is 13.4. The second-order valence-corrected chi connectivity index (χ2v) is 5.49. The molecule has 1 N–H and O–H groups in total. The molecule has 3 aromatic rings. The molecule has 1 amide bonds. The lowest BCUT2D eigenvalue weighted by Gasteiger charge is -2.10. The van der Waals surface area contributed by atoms with E-state index in [-0.39, 0.29) is 12.5 Å². The van der Waals surface area contributed by atoms with Crippen LogP contribution in [-0.4, -0.2) is 18.7 Å². The van der Waals surface area contributed by atoms with Gasteiger partial charge in [-0.05, 0) is 17.7 Å². The van der Waals surface area contributed by atoms with Crippen LogP contribution < -0.4 is 5.32 Å². The van der Waals surface area contributed by atoms with E-state index in [9.17, 15) is 9.18 Å². The third kappa shape index (κ3) is 4.54. The van der Waals surface area contributed by atoms with Crippen molar-refractivity contribution in [2.45, 2.75) is 0 Å². The van der Waals surface area contributed by atoms with Crippen LogP contribution in [0.3, 0.4) is 0 Å². The van der Waals surface area contributed by atoms with Gasteiger partial charge < -0.3 is 10.2 Å². The Hall–Kier alpha value is -3.47. The molecule has 3 aromatic carbocycles. The van der Waals surface area contributed by atoms with Gasteiger partial charge in [-0.15, -0.1) is 0 Å². The van der Waals surface area contributed by atoms with Crippen molar-refractivity contribution in [1.82, 2.24) is 0 Å². The predicted octanol–water partition coefficient (Wildman–Crippen LogP) is 4.48. The number of nitrogens with zero attached hydrogens (tertiary/aromatic N) is 1. The van der Waals surface area contributed by atoms with Crippen LogP contribution in [0.25, 0.3) is 11.1 Å². The van der Waals surface area contributed by atoms with Crippen LogP contribution in [0.15, 0.2) is 84.0 Å².